The highest BCUT2D eigenvalue weighted by molar-refractivity contribution is 6.60. The van der Waals surface area contributed by atoms with Crippen LogP contribution in [0.5, 0.6) is 0 Å². The number of carbonyl (C=O) groups excluding carboxylic acids is 2. The maximum atomic E-state index is 11.2. The van der Waals surface area contributed by atoms with Gasteiger partial charge >= 0.3 is 20.7 Å². The predicted octanol–water partition coefficient (Wildman–Crippen LogP) is 2.17. The molecule has 2 fully saturated rings. The third-order valence-electron chi connectivity index (χ3n) is 4.97. The van der Waals surface area contributed by atoms with Crippen LogP contribution in [-0.4, -0.2) is 42.1 Å². The highest BCUT2D eigenvalue weighted by Gasteiger charge is 2.57. The lowest BCUT2D eigenvalue weighted by atomic mass is 9.85. The Morgan fingerprint density at radius 1 is 1.04 bits per heavy atom. The van der Waals surface area contributed by atoms with E-state index in [1.54, 1.807) is 21.3 Å². The molecule has 1 saturated heterocycles. The van der Waals surface area contributed by atoms with E-state index in [0.29, 0.717) is 0 Å². The summed E-state index contributed by atoms with van der Waals surface area (Å²) in [6.45, 7) is 2.14. The Balaban J connectivity index is 0.000000168. The minimum Gasteiger partial charge on any atom is -0.393 e. The van der Waals surface area contributed by atoms with Crippen LogP contribution in [0.3, 0.4) is 0 Å². The summed E-state index contributed by atoms with van der Waals surface area (Å²) in [5.74, 6) is -0.346. The normalized spacial score (nSPS) is 31.0. The van der Waals surface area contributed by atoms with Crippen molar-refractivity contribution in [3.05, 3.63) is 12.2 Å². The molecule has 23 heavy (non-hydrogen) atoms. The van der Waals surface area contributed by atoms with E-state index < -0.39 is 8.80 Å². The molecule has 2 aliphatic carbocycles. The quantitative estimate of drug-likeness (QED) is 0.319. The lowest BCUT2D eigenvalue weighted by Crippen LogP contribution is -2.42. The summed E-state index contributed by atoms with van der Waals surface area (Å²) in [6.07, 6.45) is 7.31. The second kappa shape index (κ2) is 7.70. The Morgan fingerprint density at radius 3 is 1.91 bits per heavy atom. The van der Waals surface area contributed by atoms with Gasteiger partial charge in [-0.3, -0.25) is 9.59 Å². The first-order valence-corrected chi connectivity index (χ1v) is 10.0. The van der Waals surface area contributed by atoms with Gasteiger partial charge in [0.15, 0.2) is 0 Å². The van der Waals surface area contributed by atoms with Gasteiger partial charge in [-0.2, -0.15) is 0 Å². The standard InChI is InChI=1S/C9H8O3.C7H18O3Si/c10-8-6-4-1-2-5(3-4)7(6)9(11)12-8;1-5-6-7-11(8-2,9-3)10-4/h1-2,4-7H,3H2;5-7H2,1-4H3. The molecule has 0 spiro atoms. The van der Waals surface area contributed by atoms with Crippen LogP contribution < -0.4 is 0 Å². The maximum Gasteiger partial charge on any atom is 0.500 e. The van der Waals surface area contributed by atoms with E-state index in [4.69, 9.17) is 13.3 Å². The lowest BCUT2D eigenvalue weighted by Gasteiger charge is -2.23. The van der Waals surface area contributed by atoms with E-state index in [-0.39, 0.29) is 35.6 Å². The van der Waals surface area contributed by atoms with Crippen LogP contribution in [0.4, 0.5) is 0 Å². The van der Waals surface area contributed by atoms with Gasteiger partial charge in [0.05, 0.1) is 11.8 Å². The van der Waals surface area contributed by atoms with Crippen LogP contribution in [0.2, 0.25) is 6.04 Å². The van der Waals surface area contributed by atoms with Gasteiger partial charge in [0, 0.05) is 27.4 Å². The first-order valence-electron chi connectivity index (χ1n) is 8.11. The molecule has 2 bridgehead atoms. The molecule has 1 aliphatic heterocycles. The van der Waals surface area contributed by atoms with Crippen LogP contribution >= 0.6 is 0 Å². The molecule has 0 aromatic carbocycles. The van der Waals surface area contributed by atoms with Gasteiger partial charge in [-0.1, -0.05) is 25.5 Å². The molecule has 130 valence electrons. The molecule has 4 unspecified atom stereocenters. The van der Waals surface area contributed by atoms with Crippen molar-refractivity contribution >= 4 is 20.7 Å². The molecule has 0 aromatic heterocycles. The first kappa shape index (κ1) is 18.3. The average Bonchev–Trinajstić information content (AvgIpc) is 3.25. The van der Waals surface area contributed by atoms with Crippen molar-refractivity contribution in [2.75, 3.05) is 21.3 Å². The largest absolute Gasteiger partial charge is 0.500 e. The fourth-order valence-corrected chi connectivity index (χ4v) is 5.55. The number of rotatable bonds is 6. The van der Waals surface area contributed by atoms with Gasteiger partial charge in [-0.15, -0.1) is 0 Å². The second-order valence-corrected chi connectivity index (χ2v) is 9.23. The minimum absolute atomic E-state index is 0.146. The van der Waals surface area contributed by atoms with Gasteiger partial charge in [0.25, 0.3) is 0 Å². The molecule has 0 aromatic rings. The smallest absolute Gasteiger partial charge is 0.393 e. The maximum absolute atomic E-state index is 11.2. The topological polar surface area (TPSA) is 71.1 Å². The fraction of sp³-hybridized carbons (Fsp3) is 0.750. The summed E-state index contributed by atoms with van der Waals surface area (Å²) in [5.41, 5.74) is 0. The first-order chi connectivity index (χ1) is 11.0. The number of allylic oxidation sites excluding steroid dienone is 2. The molecular formula is C16H26O6Si. The average molecular weight is 342 g/mol. The van der Waals surface area contributed by atoms with E-state index in [1.165, 1.54) is 0 Å². The molecule has 0 amide bonds. The van der Waals surface area contributed by atoms with Crippen molar-refractivity contribution in [2.45, 2.75) is 32.2 Å². The van der Waals surface area contributed by atoms with E-state index in [1.807, 2.05) is 12.2 Å². The van der Waals surface area contributed by atoms with Crippen molar-refractivity contribution < 1.29 is 27.6 Å². The molecule has 1 saturated carbocycles. The van der Waals surface area contributed by atoms with Gasteiger partial charge in [-0.05, 0) is 24.7 Å². The van der Waals surface area contributed by atoms with Crippen molar-refractivity contribution in [3.63, 3.8) is 0 Å². The van der Waals surface area contributed by atoms with Crippen molar-refractivity contribution in [1.29, 1.82) is 0 Å². The Bertz CT molecular complexity index is 437. The van der Waals surface area contributed by atoms with Crippen LogP contribution in [0, 0.1) is 23.7 Å². The summed E-state index contributed by atoms with van der Waals surface area (Å²) < 4.78 is 20.3. The summed E-state index contributed by atoms with van der Waals surface area (Å²) in [7, 11) is 2.70. The highest BCUT2D eigenvalue weighted by Crippen LogP contribution is 2.51. The number of carbonyl (C=O) groups is 2. The van der Waals surface area contributed by atoms with Gasteiger partial charge in [0.1, 0.15) is 0 Å². The number of hydrogen-bond donors (Lipinski definition) is 0. The second-order valence-electron chi connectivity index (χ2n) is 6.14. The Labute approximate surface area is 138 Å². The zero-order valence-electron chi connectivity index (χ0n) is 14.2. The summed E-state index contributed by atoms with van der Waals surface area (Å²) in [4.78, 5) is 22.4. The van der Waals surface area contributed by atoms with Crippen LogP contribution in [0.1, 0.15) is 26.2 Å². The summed E-state index contributed by atoms with van der Waals surface area (Å²) >= 11 is 0. The third-order valence-corrected chi connectivity index (χ3v) is 7.81. The van der Waals surface area contributed by atoms with Crippen LogP contribution in [0.15, 0.2) is 12.2 Å². The van der Waals surface area contributed by atoms with E-state index >= 15 is 0 Å². The molecule has 6 nitrogen and oxygen atoms in total. The number of fused-ring (bicyclic) bond motifs is 5. The van der Waals surface area contributed by atoms with E-state index in [2.05, 4.69) is 11.7 Å². The molecule has 3 aliphatic rings. The number of cyclic esters (lactones) is 2. The Morgan fingerprint density at radius 2 is 1.52 bits per heavy atom. The van der Waals surface area contributed by atoms with Crippen LogP contribution in [-0.2, 0) is 27.6 Å². The monoisotopic (exact) mass is 342 g/mol. The minimum atomic E-state index is -2.24. The molecule has 1 heterocycles. The summed E-state index contributed by atoms with van der Waals surface area (Å²) in [5, 5.41) is 0. The molecule has 0 N–H and O–H groups in total. The molecule has 3 rings (SSSR count). The number of hydrogen-bond acceptors (Lipinski definition) is 6. The van der Waals surface area contributed by atoms with E-state index in [9.17, 15) is 9.59 Å². The molecule has 0 radical (unpaired) electrons. The zero-order valence-corrected chi connectivity index (χ0v) is 15.2. The van der Waals surface area contributed by atoms with Crippen molar-refractivity contribution in [3.8, 4) is 0 Å². The van der Waals surface area contributed by atoms with Gasteiger partial charge in [-0.25, -0.2) is 0 Å². The highest BCUT2D eigenvalue weighted by atomic mass is 28.4. The predicted molar refractivity (Wildman–Crippen MR) is 85.3 cm³/mol. The molecule has 4 atom stereocenters. The lowest BCUT2D eigenvalue weighted by molar-refractivity contribution is -0.154. The SMILES string of the molecule is CCCC[Si](OC)(OC)OC.O=C1OC(=O)C2C3C=CC(C3)C12. The van der Waals surface area contributed by atoms with Crippen LogP contribution in [0.25, 0.3) is 0 Å². The van der Waals surface area contributed by atoms with Crippen molar-refractivity contribution in [1.82, 2.24) is 0 Å². The Hall–Kier alpha value is -1.02. The van der Waals surface area contributed by atoms with E-state index in [0.717, 1.165) is 25.3 Å². The molecule has 7 heteroatoms. The number of unbranched alkanes of at least 4 members (excludes halogenated alkanes) is 1. The van der Waals surface area contributed by atoms with Gasteiger partial charge < -0.3 is 18.0 Å². The summed E-state index contributed by atoms with van der Waals surface area (Å²) in [6, 6.07) is 0.910. The number of ether oxygens (including phenoxy) is 1. The zero-order chi connectivity index (χ0) is 17.0. The Kier molecular flexibility index (Phi) is 6.13. The van der Waals surface area contributed by atoms with Crippen molar-refractivity contribution in [2.24, 2.45) is 23.7 Å². The molecular weight excluding hydrogens is 316 g/mol. The van der Waals surface area contributed by atoms with Gasteiger partial charge in [0.2, 0.25) is 0 Å². The fourth-order valence-electron chi connectivity index (χ4n) is 3.65. The third kappa shape index (κ3) is 3.57. The number of esters is 2.